The van der Waals surface area contributed by atoms with Crippen molar-refractivity contribution >= 4 is 5.84 Å². The molecule has 1 aliphatic carbocycles. The molecule has 0 amide bonds. The average Bonchev–Trinajstić information content (AvgIpc) is 1.62. The molecule has 0 heterocycles. The Morgan fingerprint density at radius 1 is 1.67 bits per heavy atom. The Morgan fingerprint density at radius 2 is 2.22 bits per heavy atom. The lowest BCUT2D eigenvalue weighted by Crippen LogP contribution is -2.41. The van der Waals surface area contributed by atoms with Crippen molar-refractivity contribution in [2.75, 3.05) is 0 Å². The van der Waals surface area contributed by atoms with Crippen molar-refractivity contribution in [3.8, 4) is 0 Å². The zero-order chi connectivity index (χ0) is 6.91. The molecule has 0 atom stereocenters. The van der Waals surface area contributed by atoms with Gasteiger partial charge in [0, 0.05) is 5.41 Å². The van der Waals surface area contributed by atoms with E-state index in [1.54, 1.807) is 0 Å². The van der Waals surface area contributed by atoms with Gasteiger partial charge < -0.3 is 5.73 Å². The summed E-state index contributed by atoms with van der Waals surface area (Å²) in [5.41, 5.74) is 5.55. The normalized spacial score (nSPS) is 22.8. The van der Waals surface area contributed by atoms with E-state index in [-0.39, 0.29) is 5.41 Å². The molecule has 0 unspecified atom stereocenters. The van der Waals surface area contributed by atoms with E-state index in [0.717, 1.165) is 19.3 Å². The Kier molecular flexibility index (Phi) is 1.47. The van der Waals surface area contributed by atoms with Gasteiger partial charge in [0.1, 0.15) is 0 Å². The van der Waals surface area contributed by atoms with Crippen LogP contribution in [-0.4, -0.2) is 5.84 Å². The first-order valence-corrected chi connectivity index (χ1v) is 3.56. The Hall–Kier alpha value is -0.530. The molecular weight excluding hydrogens is 112 g/mol. The molecule has 0 aromatic carbocycles. The quantitative estimate of drug-likeness (QED) is 0.427. The zero-order valence-corrected chi connectivity index (χ0v) is 5.91. The third kappa shape index (κ3) is 0.824. The van der Waals surface area contributed by atoms with Gasteiger partial charge in [-0.3, -0.25) is 5.41 Å². The van der Waals surface area contributed by atoms with E-state index in [2.05, 4.69) is 6.92 Å². The molecule has 52 valence electrons. The lowest BCUT2D eigenvalue weighted by atomic mass is 9.66. The van der Waals surface area contributed by atoms with E-state index < -0.39 is 0 Å². The van der Waals surface area contributed by atoms with Crippen molar-refractivity contribution < 1.29 is 0 Å². The van der Waals surface area contributed by atoms with Crippen LogP contribution >= 0.6 is 0 Å². The van der Waals surface area contributed by atoms with Crippen molar-refractivity contribution in [1.82, 2.24) is 0 Å². The van der Waals surface area contributed by atoms with Crippen LogP contribution in [0.25, 0.3) is 0 Å². The lowest BCUT2D eigenvalue weighted by Gasteiger charge is -2.39. The molecule has 0 aliphatic heterocycles. The van der Waals surface area contributed by atoms with Gasteiger partial charge in [-0.25, -0.2) is 0 Å². The smallest absolute Gasteiger partial charge is 0.0968 e. The van der Waals surface area contributed by atoms with Crippen LogP contribution in [0.5, 0.6) is 0 Å². The molecule has 0 aromatic heterocycles. The Balaban J connectivity index is 2.57. The van der Waals surface area contributed by atoms with Crippen LogP contribution in [0.15, 0.2) is 0 Å². The van der Waals surface area contributed by atoms with Crippen LogP contribution in [0, 0.1) is 10.8 Å². The maximum absolute atomic E-state index is 7.28. The highest BCUT2D eigenvalue weighted by molar-refractivity contribution is 5.84. The summed E-state index contributed by atoms with van der Waals surface area (Å²) >= 11 is 0. The number of amidine groups is 1. The third-order valence-corrected chi connectivity index (χ3v) is 2.56. The topological polar surface area (TPSA) is 49.9 Å². The number of nitrogens with two attached hydrogens (primary N) is 1. The standard InChI is InChI=1S/C7H14N2/c1-2-7(6(8)9)4-3-5-7/h2-5H2,1H3,(H3,8,9). The molecule has 1 rings (SSSR count). The Morgan fingerprint density at radius 3 is 2.22 bits per heavy atom. The van der Waals surface area contributed by atoms with Crippen LogP contribution in [0.4, 0.5) is 0 Å². The molecule has 1 aliphatic rings. The third-order valence-electron chi connectivity index (χ3n) is 2.56. The SMILES string of the molecule is CCC1(C(=N)N)CCC1. The summed E-state index contributed by atoms with van der Waals surface area (Å²) in [4.78, 5) is 0. The molecule has 0 spiro atoms. The molecule has 1 fully saturated rings. The summed E-state index contributed by atoms with van der Waals surface area (Å²) in [6.07, 6.45) is 4.58. The van der Waals surface area contributed by atoms with Crippen molar-refractivity contribution in [3.63, 3.8) is 0 Å². The monoisotopic (exact) mass is 126 g/mol. The fourth-order valence-electron chi connectivity index (χ4n) is 1.42. The summed E-state index contributed by atoms with van der Waals surface area (Å²) in [6, 6.07) is 0. The molecule has 0 aromatic rings. The first kappa shape index (κ1) is 6.59. The fourth-order valence-corrected chi connectivity index (χ4v) is 1.42. The van der Waals surface area contributed by atoms with Crippen LogP contribution in [0.1, 0.15) is 32.6 Å². The van der Waals surface area contributed by atoms with Crippen molar-refractivity contribution in [3.05, 3.63) is 0 Å². The molecule has 0 bridgehead atoms. The minimum Gasteiger partial charge on any atom is -0.387 e. The number of hydrogen-bond donors (Lipinski definition) is 2. The predicted octanol–water partition coefficient (Wildman–Crippen LogP) is 1.50. The van der Waals surface area contributed by atoms with E-state index >= 15 is 0 Å². The number of rotatable bonds is 2. The van der Waals surface area contributed by atoms with Gasteiger partial charge in [0.25, 0.3) is 0 Å². The highest BCUT2D eigenvalue weighted by Crippen LogP contribution is 2.43. The summed E-state index contributed by atoms with van der Waals surface area (Å²) in [6.45, 7) is 2.11. The highest BCUT2D eigenvalue weighted by atomic mass is 14.8. The van der Waals surface area contributed by atoms with Crippen LogP contribution < -0.4 is 5.73 Å². The number of hydrogen-bond acceptors (Lipinski definition) is 1. The maximum Gasteiger partial charge on any atom is 0.0968 e. The van der Waals surface area contributed by atoms with E-state index in [0.29, 0.717) is 5.84 Å². The van der Waals surface area contributed by atoms with Gasteiger partial charge in [-0.2, -0.15) is 0 Å². The van der Waals surface area contributed by atoms with E-state index in [4.69, 9.17) is 11.1 Å². The second-order valence-corrected chi connectivity index (χ2v) is 2.90. The van der Waals surface area contributed by atoms with Crippen LogP contribution in [0.3, 0.4) is 0 Å². The maximum atomic E-state index is 7.28. The van der Waals surface area contributed by atoms with E-state index in [1.807, 2.05) is 0 Å². The molecule has 2 heteroatoms. The van der Waals surface area contributed by atoms with Gasteiger partial charge in [-0.05, 0) is 19.3 Å². The lowest BCUT2D eigenvalue weighted by molar-refractivity contribution is 0.221. The molecule has 1 saturated carbocycles. The van der Waals surface area contributed by atoms with Crippen molar-refractivity contribution in [2.24, 2.45) is 11.1 Å². The molecule has 2 nitrogen and oxygen atoms in total. The average molecular weight is 126 g/mol. The predicted molar refractivity (Wildman–Crippen MR) is 38.5 cm³/mol. The van der Waals surface area contributed by atoms with Crippen LogP contribution in [0.2, 0.25) is 0 Å². The molecule has 3 N–H and O–H groups in total. The molecule has 0 radical (unpaired) electrons. The first-order chi connectivity index (χ1) is 4.21. The highest BCUT2D eigenvalue weighted by Gasteiger charge is 2.37. The molecule has 9 heavy (non-hydrogen) atoms. The van der Waals surface area contributed by atoms with Crippen LogP contribution in [-0.2, 0) is 0 Å². The van der Waals surface area contributed by atoms with Gasteiger partial charge in [-0.1, -0.05) is 13.3 Å². The van der Waals surface area contributed by atoms with E-state index in [9.17, 15) is 0 Å². The molecular formula is C7H14N2. The summed E-state index contributed by atoms with van der Waals surface area (Å²) < 4.78 is 0. The molecule has 0 saturated heterocycles. The van der Waals surface area contributed by atoms with Crippen molar-refractivity contribution in [1.29, 1.82) is 5.41 Å². The Bertz CT molecular complexity index is 119. The number of nitrogens with one attached hydrogen (secondary N) is 1. The largest absolute Gasteiger partial charge is 0.387 e. The Labute approximate surface area is 55.9 Å². The minimum atomic E-state index is 0.125. The second-order valence-electron chi connectivity index (χ2n) is 2.90. The van der Waals surface area contributed by atoms with E-state index in [1.165, 1.54) is 6.42 Å². The fraction of sp³-hybridized carbons (Fsp3) is 0.857. The van der Waals surface area contributed by atoms with Gasteiger partial charge in [0.05, 0.1) is 5.84 Å². The zero-order valence-electron chi connectivity index (χ0n) is 5.91. The van der Waals surface area contributed by atoms with Gasteiger partial charge in [0.2, 0.25) is 0 Å². The summed E-state index contributed by atoms with van der Waals surface area (Å²) in [5, 5.41) is 7.28. The summed E-state index contributed by atoms with van der Waals surface area (Å²) in [5.74, 6) is 0.399. The first-order valence-electron chi connectivity index (χ1n) is 3.56. The van der Waals surface area contributed by atoms with Gasteiger partial charge in [-0.15, -0.1) is 0 Å². The van der Waals surface area contributed by atoms with Gasteiger partial charge >= 0.3 is 0 Å². The van der Waals surface area contributed by atoms with Gasteiger partial charge in [0.15, 0.2) is 0 Å². The summed E-state index contributed by atoms with van der Waals surface area (Å²) in [7, 11) is 0. The minimum absolute atomic E-state index is 0.125. The van der Waals surface area contributed by atoms with Crippen molar-refractivity contribution in [2.45, 2.75) is 32.6 Å². The second kappa shape index (κ2) is 2.01.